The van der Waals surface area contributed by atoms with Gasteiger partial charge in [-0.3, -0.25) is 14.4 Å². The van der Waals surface area contributed by atoms with E-state index in [1.54, 1.807) is 19.0 Å². The van der Waals surface area contributed by atoms with Crippen molar-refractivity contribution in [3.8, 4) is 0 Å². The molecule has 4 rings (SSSR count). The van der Waals surface area contributed by atoms with E-state index in [1.807, 2.05) is 0 Å². The van der Waals surface area contributed by atoms with E-state index >= 15 is 0 Å². The van der Waals surface area contributed by atoms with Gasteiger partial charge < -0.3 is 4.90 Å². The van der Waals surface area contributed by atoms with Gasteiger partial charge in [0.05, 0.1) is 0 Å². The molecular weight excluding hydrogens is 350 g/mol. The summed E-state index contributed by atoms with van der Waals surface area (Å²) < 4.78 is 0. The Morgan fingerprint density at radius 2 is 1.79 bits per heavy atom. The average molecular weight is 386 g/mol. The number of fused-ring (bicyclic) bond motifs is 5. The minimum absolute atomic E-state index is 0.000691. The van der Waals surface area contributed by atoms with Crippen LogP contribution in [0.1, 0.15) is 71.6 Å². The second-order valence-electron chi connectivity index (χ2n) is 10.5. The van der Waals surface area contributed by atoms with Crippen LogP contribution < -0.4 is 0 Å². The summed E-state index contributed by atoms with van der Waals surface area (Å²) in [5.41, 5.74) is 1.33. The number of hydrogen-bond donors (Lipinski definition) is 0. The molecule has 0 heterocycles. The van der Waals surface area contributed by atoms with E-state index in [-0.39, 0.29) is 28.4 Å². The second kappa shape index (κ2) is 6.81. The third-order valence-corrected chi connectivity index (χ3v) is 9.02. The van der Waals surface area contributed by atoms with Crippen molar-refractivity contribution in [1.82, 2.24) is 4.90 Å². The highest BCUT2D eigenvalue weighted by Crippen LogP contribution is 2.63. The van der Waals surface area contributed by atoms with Crippen molar-refractivity contribution in [2.45, 2.75) is 71.6 Å². The lowest BCUT2D eigenvalue weighted by Gasteiger charge is -2.55. The summed E-state index contributed by atoms with van der Waals surface area (Å²) in [6.07, 6.45) is 9.91. The predicted octanol–water partition coefficient (Wildman–Crippen LogP) is 4.18. The molecule has 4 aliphatic rings. The van der Waals surface area contributed by atoms with Crippen LogP contribution >= 0.6 is 0 Å². The first-order valence-electron chi connectivity index (χ1n) is 11.1. The topological polar surface area (TPSA) is 54.5 Å². The average Bonchev–Trinajstić information content (AvgIpc) is 2.88. The first kappa shape index (κ1) is 19.8. The van der Waals surface area contributed by atoms with Gasteiger partial charge in [-0.1, -0.05) is 25.5 Å². The Morgan fingerprint density at radius 3 is 2.50 bits per heavy atom. The number of rotatable bonds is 2. The smallest absolute Gasteiger partial charge is 0.222 e. The fourth-order valence-corrected chi connectivity index (χ4v) is 7.27. The summed E-state index contributed by atoms with van der Waals surface area (Å²) in [7, 11) is 3.54. The number of carbonyl (C=O) groups excluding carboxylic acids is 3. The van der Waals surface area contributed by atoms with Gasteiger partial charge in [0.25, 0.3) is 0 Å². The normalized spacial score (nSPS) is 42.8. The lowest BCUT2D eigenvalue weighted by Crippen LogP contribution is -2.49. The molecule has 0 spiro atoms. The molecular formula is C24H35NO3. The fraction of sp³-hybridized carbons (Fsp3) is 0.792. The lowest BCUT2D eigenvalue weighted by molar-refractivity contribution is -0.135. The lowest BCUT2D eigenvalue weighted by atomic mass is 9.49. The molecule has 4 aliphatic carbocycles. The van der Waals surface area contributed by atoms with E-state index in [1.165, 1.54) is 5.57 Å². The second-order valence-corrected chi connectivity index (χ2v) is 10.5. The zero-order valence-electron chi connectivity index (χ0n) is 17.9. The summed E-state index contributed by atoms with van der Waals surface area (Å²) in [5.74, 6) is 2.22. The van der Waals surface area contributed by atoms with Crippen LogP contribution in [-0.2, 0) is 14.4 Å². The molecule has 0 bridgehead atoms. The zero-order chi connectivity index (χ0) is 20.3. The van der Waals surface area contributed by atoms with Gasteiger partial charge >= 0.3 is 0 Å². The van der Waals surface area contributed by atoms with Gasteiger partial charge in [-0.05, 0) is 61.7 Å². The molecule has 6 atom stereocenters. The maximum Gasteiger partial charge on any atom is 0.222 e. The van der Waals surface area contributed by atoms with Crippen LogP contribution in [-0.4, -0.2) is 36.5 Å². The van der Waals surface area contributed by atoms with Crippen LogP contribution in [0.2, 0.25) is 0 Å². The number of allylic oxidation sites excluding steroid dienone is 2. The van der Waals surface area contributed by atoms with Crippen molar-refractivity contribution in [3.05, 3.63) is 11.6 Å². The molecule has 3 saturated carbocycles. The molecule has 0 aromatic heterocycles. The Morgan fingerprint density at radius 1 is 1.07 bits per heavy atom. The molecule has 0 aromatic rings. The molecule has 154 valence electrons. The molecule has 28 heavy (non-hydrogen) atoms. The number of nitrogens with zero attached hydrogens (tertiary/aromatic N) is 1. The first-order chi connectivity index (χ1) is 13.2. The standard InChI is InChI=1S/C24H35NO3/c1-23-12-11-19-17(18(23)8-10-21(23)27)7-5-16-6-9-20(26)15(14-24(16,19)2)13-22(28)25(3)4/h5,15,17-19H,6-14H2,1-4H3. The SMILES string of the molecule is CN(C)C(=O)CC1CC2(C)C(=CCC3C4CCC(=O)C4(C)CCC32)CCC1=O. The number of hydrogen-bond acceptors (Lipinski definition) is 3. The van der Waals surface area contributed by atoms with E-state index in [4.69, 9.17) is 0 Å². The number of amides is 1. The van der Waals surface area contributed by atoms with Crippen molar-refractivity contribution in [3.63, 3.8) is 0 Å². The highest BCUT2D eigenvalue weighted by Gasteiger charge is 2.58. The Hall–Kier alpha value is -1.45. The van der Waals surface area contributed by atoms with Crippen molar-refractivity contribution in [2.75, 3.05) is 14.1 Å². The highest BCUT2D eigenvalue weighted by molar-refractivity contribution is 5.88. The van der Waals surface area contributed by atoms with Gasteiger partial charge in [0.1, 0.15) is 11.6 Å². The molecule has 4 heteroatoms. The Labute approximate surface area is 169 Å². The number of ketones is 2. The highest BCUT2D eigenvalue weighted by atomic mass is 16.2. The van der Waals surface area contributed by atoms with E-state index in [0.717, 1.165) is 44.9 Å². The Bertz CT molecular complexity index is 738. The number of Topliss-reactive ketones (excluding diaryl/α,β-unsaturated/α-hetero) is 2. The van der Waals surface area contributed by atoms with Crippen LogP contribution in [0.25, 0.3) is 0 Å². The largest absolute Gasteiger partial charge is 0.349 e. The molecule has 0 radical (unpaired) electrons. The van der Waals surface area contributed by atoms with Crippen molar-refractivity contribution >= 4 is 17.5 Å². The van der Waals surface area contributed by atoms with E-state index in [0.29, 0.717) is 36.4 Å². The van der Waals surface area contributed by atoms with E-state index < -0.39 is 0 Å². The maximum absolute atomic E-state index is 12.9. The summed E-state index contributed by atoms with van der Waals surface area (Å²) in [6, 6.07) is 0. The van der Waals surface area contributed by atoms with Gasteiger partial charge in [0.2, 0.25) is 5.91 Å². The molecule has 0 saturated heterocycles. The van der Waals surface area contributed by atoms with Gasteiger partial charge in [-0.2, -0.15) is 0 Å². The van der Waals surface area contributed by atoms with E-state index in [2.05, 4.69) is 19.9 Å². The van der Waals surface area contributed by atoms with Crippen LogP contribution in [0.5, 0.6) is 0 Å². The zero-order valence-corrected chi connectivity index (χ0v) is 17.9. The minimum atomic E-state index is -0.164. The molecule has 6 unspecified atom stereocenters. The van der Waals surface area contributed by atoms with Crippen molar-refractivity contribution in [2.24, 2.45) is 34.5 Å². The number of carbonyl (C=O) groups is 3. The van der Waals surface area contributed by atoms with E-state index in [9.17, 15) is 14.4 Å². The van der Waals surface area contributed by atoms with Crippen molar-refractivity contribution in [1.29, 1.82) is 0 Å². The monoisotopic (exact) mass is 385 g/mol. The van der Waals surface area contributed by atoms with Crippen LogP contribution in [0.15, 0.2) is 11.6 Å². The summed E-state index contributed by atoms with van der Waals surface area (Å²) in [4.78, 5) is 39.4. The molecule has 1 amide bonds. The van der Waals surface area contributed by atoms with Crippen LogP contribution in [0.4, 0.5) is 0 Å². The summed E-state index contributed by atoms with van der Waals surface area (Å²) in [6.45, 7) is 4.57. The summed E-state index contributed by atoms with van der Waals surface area (Å²) >= 11 is 0. The predicted molar refractivity (Wildman–Crippen MR) is 109 cm³/mol. The Balaban J connectivity index is 1.64. The molecule has 3 fully saturated rings. The minimum Gasteiger partial charge on any atom is -0.349 e. The van der Waals surface area contributed by atoms with Crippen LogP contribution in [0.3, 0.4) is 0 Å². The molecule has 4 nitrogen and oxygen atoms in total. The van der Waals surface area contributed by atoms with Gasteiger partial charge in [0.15, 0.2) is 0 Å². The first-order valence-corrected chi connectivity index (χ1v) is 11.1. The Kier molecular flexibility index (Phi) is 4.83. The van der Waals surface area contributed by atoms with Gasteiger partial charge in [-0.15, -0.1) is 0 Å². The molecule has 0 aromatic carbocycles. The third kappa shape index (κ3) is 2.90. The quantitative estimate of drug-likeness (QED) is 0.670. The fourth-order valence-electron chi connectivity index (χ4n) is 7.27. The molecule has 0 aliphatic heterocycles. The van der Waals surface area contributed by atoms with Crippen LogP contribution in [0, 0.1) is 34.5 Å². The third-order valence-electron chi connectivity index (χ3n) is 9.02. The maximum atomic E-state index is 12.9. The molecule has 0 N–H and O–H groups in total. The van der Waals surface area contributed by atoms with Gasteiger partial charge in [-0.25, -0.2) is 0 Å². The summed E-state index contributed by atoms with van der Waals surface area (Å²) in [5, 5.41) is 0. The van der Waals surface area contributed by atoms with Gasteiger partial charge in [0, 0.05) is 44.7 Å². The van der Waals surface area contributed by atoms with Crippen molar-refractivity contribution < 1.29 is 14.4 Å².